The number of carbonyl (C=O) groups excluding carboxylic acids is 1. The first kappa shape index (κ1) is 17.9. The van der Waals surface area contributed by atoms with E-state index in [1.807, 2.05) is 42.5 Å². The number of carbonyl (C=O) groups is 1. The summed E-state index contributed by atoms with van der Waals surface area (Å²) in [6.07, 6.45) is 1.71. The quantitative estimate of drug-likeness (QED) is 0.781. The molecule has 0 aliphatic heterocycles. The molecule has 4 heteroatoms. The van der Waals surface area contributed by atoms with Crippen molar-refractivity contribution in [3.63, 3.8) is 0 Å². The van der Waals surface area contributed by atoms with E-state index in [0.717, 1.165) is 24.2 Å². The Balaban J connectivity index is 1.66. The number of hydrogen-bond acceptors (Lipinski definition) is 2. The second-order valence-electron chi connectivity index (χ2n) is 5.99. The maximum absolute atomic E-state index is 11.9. The first-order valence-corrected chi connectivity index (χ1v) is 8.36. The zero-order valence-electron chi connectivity index (χ0n) is 14.4. The third-order valence-electron chi connectivity index (χ3n) is 3.91. The van der Waals surface area contributed by atoms with Gasteiger partial charge in [0.2, 0.25) is 0 Å². The average Bonchev–Trinajstić information content (AvgIpc) is 2.61. The van der Waals surface area contributed by atoms with E-state index in [0.29, 0.717) is 19.0 Å². The molecule has 0 aromatic heterocycles. The lowest BCUT2D eigenvalue weighted by Gasteiger charge is -2.14. The monoisotopic (exact) mass is 326 g/mol. The molecule has 0 spiro atoms. The van der Waals surface area contributed by atoms with Crippen LogP contribution in [-0.2, 0) is 12.8 Å². The van der Waals surface area contributed by atoms with Crippen molar-refractivity contribution < 1.29 is 9.53 Å². The molecule has 0 heterocycles. The first-order chi connectivity index (χ1) is 11.7. The third kappa shape index (κ3) is 5.95. The largest absolute Gasteiger partial charge is 0.496 e. The molecule has 0 radical (unpaired) electrons. The molecule has 1 atom stereocenters. The van der Waals surface area contributed by atoms with Crippen LogP contribution >= 0.6 is 0 Å². The zero-order chi connectivity index (χ0) is 17.2. The fourth-order valence-corrected chi connectivity index (χ4v) is 2.64. The van der Waals surface area contributed by atoms with Gasteiger partial charge in [-0.2, -0.15) is 0 Å². The maximum atomic E-state index is 11.9. The summed E-state index contributed by atoms with van der Waals surface area (Å²) >= 11 is 0. The molecule has 0 saturated heterocycles. The van der Waals surface area contributed by atoms with Crippen LogP contribution in [0.4, 0.5) is 4.79 Å². The Kier molecular flexibility index (Phi) is 7.15. The van der Waals surface area contributed by atoms with Crippen molar-refractivity contribution in [3.8, 4) is 5.75 Å². The molecule has 24 heavy (non-hydrogen) atoms. The average molecular weight is 326 g/mol. The van der Waals surface area contributed by atoms with Gasteiger partial charge >= 0.3 is 6.03 Å². The van der Waals surface area contributed by atoms with Crippen molar-refractivity contribution in [2.45, 2.75) is 19.8 Å². The van der Waals surface area contributed by atoms with Crippen LogP contribution in [0.1, 0.15) is 18.1 Å². The molecule has 0 saturated carbocycles. The summed E-state index contributed by atoms with van der Waals surface area (Å²) in [6, 6.07) is 18.1. The molecule has 2 aromatic carbocycles. The van der Waals surface area contributed by atoms with Gasteiger partial charge in [0.15, 0.2) is 0 Å². The van der Waals surface area contributed by atoms with Crippen LogP contribution in [0.25, 0.3) is 0 Å². The van der Waals surface area contributed by atoms with Gasteiger partial charge in [0, 0.05) is 13.1 Å². The van der Waals surface area contributed by atoms with Gasteiger partial charge < -0.3 is 15.4 Å². The summed E-state index contributed by atoms with van der Waals surface area (Å²) < 4.78 is 5.31. The normalized spacial score (nSPS) is 11.6. The van der Waals surface area contributed by atoms with Crippen molar-refractivity contribution in [1.29, 1.82) is 0 Å². The van der Waals surface area contributed by atoms with Crippen molar-refractivity contribution in [2.75, 3.05) is 20.2 Å². The number of rotatable bonds is 8. The highest BCUT2D eigenvalue weighted by Gasteiger charge is 2.07. The summed E-state index contributed by atoms with van der Waals surface area (Å²) in [5, 5.41) is 5.83. The Bertz CT molecular complexity index is 629. The lowest BCUT2D eigenvalue weighted by molar-refractivity contribution is 0.239. The number of para-hydroxylation sites is 1. The number of urea groups is 1. The molecule has 0 aliphatic carbocycles. The van der Waals surface area contributed by atoms with E-state index in [1.54, 1.807) is 7.11 Å². The van der Waals surface area contributed by atoms with Crippen molar-refractivity contribution in [1.82, 2.24) is 10.6 Å². The standard InChI is InChI=1S/C20H26N2O2/c1-16(14-17-8-4-3-5-9-17)15-22-20(23)21-13-12-18-10-6-7-11-19(18)24-2/h3-11,16H,12-15H2,1-2H3,(H2,21,22,23). The molecule has 128 valence electrons. The predicted molar refractivity (Wildman–Crippen MR) is 97.4 cm³/mol. The fraction of sp³-hybridized carbons (Fsp3) is 0.350. The first-order valence-electron chi connectivity index (χ1n) is 8.36. The topological polar surface area (TPSA) is 50.4 Å². The lowest BCUT2D eigenvalue weighted by atomic mass is 10.0. The molecular formula is C20H26N2O2. The Morgan fingerprint density at radius 2 is 1.75 bits per heavy atom. The molecule has 2 rings (SSSR count). The molecule has 0 bridgehead atoms. The van der Waals surface area contributed by atoms with E-state index in [1.165, 1.54) is 5.56 Å². The van der Waals surface area contributed by atoms with E-state index in [9.17, 15) is 4.79 Å². The van der Waals surface area contributed by atoms with Crippen LogP contribution < -0.4 is 15.4 Å². The summed E-state index contributed by atoms with van der Waals surface area (Å²) in [6.45, 7) is 3.39. The van der Waals surface area contributed by atoms with Gasteiger partial charge in [-0.25, -0.2) is 4.79 Å². The highest BCUT2D eigenvalue weighted by molar-refractivity contribution is 5.73. The van der Waals surface area contributed by atoms with Crippen molar-refractivity contribution in [3.05, 3.63) is 65.7 Å². The predicted octanol–water partition coefficient (Wildman–Crippen LogP) is 3.42. The van der Waals surface area contributed by atoms with Gasteiger partial charge in [0.25, 0.3) is 0 Å². The number of methoxy groups -OCH3 is 1. The highest BCUT2D eigenvalue weighted by atomic mass is 16.5. The van der Waals surface area contributed by atoms with Crippen LogP contribution in [0.2, 0.25) is 0 Å². The SMILES string of the molecule is COc1ccccc1CCNC(=O)NCC(C)Cc1ccccc1. The van der Waals surface area contributed by atoms with Gasteiger partial charge in [0.05, 0.1) is 7.11 Å². The minimum atomic E-state index is -0.121. The number of amides is 2. The molecule has 0 aliphatic rings. The second kappa shape index (κ2) is 9.60. The summed E-state index contributed by atoms with van der Waals surface area (Å²) in [7, 11) is 1.66. The molecule has 0 fully saturated rings. The van der Waals surface area contributed by atoms with E-state index < -0.39 is 0 Å². The van der Waals surface area contributed by atoms with Crippen molar-refractivity contribution >= 4 is 6.03 Å². The van der Waals surface area contributed by atoms with E-state index in [4.69, 9.17) is 4.74 Å². The number of ether oxygens (including phenoxy) is 1. The van der Waals surface area contributed by atoms with Crippen LogP contribution in [0.5, 0.6) is 5.75 Å². The van der Waals surface area contributed by atoms with Gasteiger partial charge in [-0.3, -0.25) is 0 Å². The molecular weight excluding hydrogens is 300 g/mol. The number of nitrogens with one attached hydrogen (secondary N) is 2. The minimum absolute atomic E-state index is 0.121. The van der Waals surface area contributed by atoms with Gasteiger partial charge in [-0.15, -0.1) is 0 Å². The second-order valence-corrected chi connectivity index (χ2v) is 5.99. The Morgan fingerprint density at radius 1 is 1.04 bits per heavy atom. The Labute approximate surface area is 144 Å². The van der Waals surface area contributed by atoms with Crippen LogP contribution in [-0.4, -0.2) is 26.2 Å². The van der Waals surface area contributed by atoms with Crippen molar-refractivity contribution in [2.24, 2.45) is 5.92 Å². The van der Waals surface area contributed by atoms with Gasteiger partial charge in [0.1, 0.15) is 5.75 Å². The number of benzene rings is 2. The molecule has 1 unspecified atom stereocenters. The van der Waals surface area contributed by atoms with E-state index in [-0.39, 0.29) is 6.03 Å². The maximum Gasteiger partial charge on any atom is 0.314 e. The fourth-order valence-electron chi connectivity index (χ4n) is 2.64. The zero-order valence-corrected chi connectivity index (χ0v) is 14.4. The summed E-state index contributed by atoms with van der Waals surface area (Å²) in [4.78, 5) is 11.9. The van der Waals surface area contributed by atoms with E-state index in [2.05, 4.69) is 29.7 Å². The molecule has 4 nitrogen and oxygen atoms in total. The number of hydrogen-bond donors (Lipinski definition) is 2. The smallest absolute Gasteiger partial charge is 0.314 e. The highest BCUT2D eigenvalue weighted by Crippen LogP contribution is 2.17. The Morgan fingerprint density at radius 3 is 2.50 bits per heavy atom. The van der Waals surface area contributed by atoms with Crippen LogP contribution in [0, 0.1) is 5.92 Å². The lowest BCUT2D eigenvalue weighted by Crippen LogP contribution is -2.39. The van der Waals surface area contributed by atoms with Gasteiger partial charge in [-0.05, 0) is 36.0 Å². The summed E-state index contributed by atoms with van der Waals surface area (Å²) in [5.41, 5.74) is 2.39. The molecule has 2 N–H and O–H groups in total. The van der Waals surface area contributed by atoms with Crippen LogP contribution in [0.3, 0.4) is 0 Å². The van der Waals surface area contributed by atoms with Gasteiger partial charge in [-0.1, -0.05) is 55.5 Å². The minimum Gasteiger partial charge on any atom is -0.496 e. The summed E-state index contributed by atoms with van der Waals surface area (Å²) in [5.74, 6) is 1.25. The third-order valence-corrected chi connectivity index (χ3v) is 3.91. The van der Waals surface area contributed by atoms with Crippen LogP contribution in [0.15, 0.2) is 54.6 Å². The molecule has 2 aromatic rings. The molecule has 2 amide bonds. The Hall–Kier alpha value is -2.49. The van der Waals surface area contributed by atoms with E-state index >= 15 is 0 Å².